The van der Waals surface area contributed by atoms with Crippen molar-refractivity contribution in [2.75, 3.05) is 0 Å². The number of halogens is 1. The van der Waals surface area contributed by atoms with E-state index in [-0.39, 0.29) is 5.15 Å². The first kappa shape index (κ1) is 10.7. The summed E-state index contributed by atoms with van der Waals surface area (Å²) in [5.74, 6) is 0. The van der Waals surface area contributed by atoms with Crippen molar-refractivity contribution < 1.29 is 4.79 Å². The van der Waals surface area contributed by atoms with Crippen LogP contribution in [0.3, 0.4) is 0 Å². The van der Waals surface area contributed by atoms with Gasteiger partial charge in [-0.2, -0.15) is 0 Å². The average molecular weight is 234 g/mol. The van der Waals surface area contributed by atoms with Crippen molar-refractivity contribution in [3.63, 3.8) is 0 Å². The molecule has 0 atom stereocenters. The van der Waals surface area contributed by atoms with E-state index in [4.69, 9.17) is 11.6 Å². The van der Waals surface area contributed by atoms with E-state index in [0.29, 0.717) is 17.5 Å². The molecular weight excluding hydrogens is 226 g/mol. The number of rotatable bonds is 2. The minimum Gasteiger partial charge on any atom is -0.298 e. The first-order valence-electron chi connectivity index (χ1n) is 4.60. The summed E-state index contributed by atoms with van der Waals surface area (Å²) >= 11 is 5.83. The maximum atomic E-state index is 10.9. The summed E-state index contributed by atoms with van der Waals surface area (Å²) < 4.78 is 0. The third-order valence-corrected chi connectivity index (χ3v) is 2.55. The van der Waals surface area contributed by atoms with Crippen molar-refractivity contribution in [1.82, 2.24) is 15.0 Å². The van der Waals surface area contributed by atoms with Gasteiger partial charge in [-0.15, -0.1) is 0 Å². The zero-order chi connectivity index (χ0) is 11.5. The van der Waals surface area contributed by atoms with Gasteiger partial charge in [-0.25, -0.2) is 9.97 Å². The van der Waals surface area contributed by atoms with Crippen LogP contribution in [0.2, 0.25) is 5.15 Å². The number of carbonyl (C=O) groups excluding carboxylic acids is 1. The van der Waals surface area contributed by atoms with E-state index in [9.17, 15) is 4.79 Å². The van der Waals surface area contributed by atoms with Gasteiger partial charge in [0, 0.05) is 18.0 Å². The molecule has 2 heterocycles. The molecule has 80 valence electrons. The fourth-order valence-corrected chi connectivity index (χ4v) is 1.58. The van der Waals surface area contributed by atoms with Gasteiger partial charge in [0.2, 0.25) is 0 Å². The van der Waals surface area contributed by atoms with Gasteiger partial charge in [0.25, 0.3) is 0 Å². The predicted octanol–water partition coefficient (Wildman–Crippen LogP) is 2.31. The summed E-state index contributed by atoms with van der Waals surface area (Å²) in [5, 5.41) is 0.156. The Kier molecular flexibility index (Phi) is 2.92. The molecule has 0 aliphatic heterocycles. The van der Waals surface area contributed by atoms with Crippen LogP contribution in [0.15, 0.2) is 24.8 Å². The maximum absolute atomic E-state index is 10.9. The van der Waals surface area contributed by atoms with Gasteiger partial charge < -0.3 is 0 Å². The highest BCUT2D eigenvalue weighted by Crippen LogP contribution is 2.25. The van der Waals surface area contributed by atoms with Gasteiger partial charge in [-0.3, -0.25) is 9.78 Å². The maximum Gasteiger partial charge on any atom is 0.155 e. The van der Waals surface area contributed by atoms with Crippen LogP contribution in [0, 0.1) is 6.92 Å². The number of aryl methyl sites for hydroxylation is 1. The summed E-state index contributed by atoms with van der Waals surface area (Å²) in [5.41, 5.74) is 2.57. The topological polar surface area (TPSA) is 55.7 Å². The Hall–Kier alpha value is -1.81. The summed E-state index contributed by atoms with van der Waals surface area (Å²) in [6, 6.07) is 1.85. The van der Waals surface area contributed by atoms with Crippen molar-refractivity contribution in [3.05, 3.63) is 41.1 Å². The Morgan fingerprint density at radius 2 is 2.19 bits per heavy atom. The molecule has 0 radical (unpaired) electrons. The fraction of sp³-hybridized carbons (Fsp3) is 0.0909. The quantitative estimate of drug-likeness (QED) is 0.590. The molecule has 16 heavy (non-hydrogen) atoms. The molecule has 5 heteroatoms. The van der Waals surface area contributed by atoms with Crippen LogP contribution in [0.25, 0.3) is 11.3 Å². The predicted molar refractivity (Wildman–Crippen MR) is 60.4 cm³/mol. The zero-order valence-electron chi connectivity index (χ0n) is 8.51. The Labute approximate surface area is 97.3 Å². The summed E-state index contributed by atoms with van der Waals surface area (Å²) in [4.78, 5) is 22.8. The van der Waals surface area contributed by atoms with E-state index >= 15 is 0 Å². The standard InChI is InChI=1S/C11H8ClN3O/c1-7-2-3-13-4-8(7)10-9(5-16)11(12)15-6-14-10/h2-6H,1H3. The van der Waals surface area contributed by atoms with Gasteiger partial charge in [0.15, 0.2) is 6.29 Å². The molecule has 0 aromatic carbocycles. The Morgan fingerprint density at radius 3 is 2.88 bits per heavy atom. The number of carbonyl (C=O) groups is 1. The molecule has 2 aromatic rings. The molecule has 0 aliphatic rings. The molecule has 0 amide bonds. The number of hydrogen-bond donors (Lipinski definition) is 0. The van der Waals surface area contributed by atoms with Crippen molar-refractivity contribution in [3.8, 4) is 11.3 Å². The van der Waals surface area contributed by atoms with Crippen LogP contribution in [-0.2, 0) is 0 Å². The Balaban J connectivity index is 2.69. The highest BCUT2D eigenvalue weighted by molar-refractivity contribution is 6.32. The van der Waals surface area contributed by atoms with Gasteiger partial charge in [0.05, 0.1) is 11.3 Å². The number of pyridine rings is 1. The van der Waals surface area contributed by atoms with E-state index in [0.717, 1.165) is 11.1 Å². The molecule has 2 aromatic heterocycles. The normalized spacial score (nSPS) is 10.1. The highest BCUT2D eigenvalue weighted by Gasteiger charge is 2.12. The first-order valence-corrected chi connectivity index (χ1v) is 4.98. The molecular formula is C11H8ClN3O. The van der Waals surface area contributed by atoms with Crippen LogP contribution < -0.4 is 0 Å². The molecule has 0 bridgehead atoms. The third kappa shape index (κ3) is 1.79. The van der Waals surface area contributed by atoms with E-state index < -0.39 is 0 Å². The highest BCUT2D eigenvalue weighted by atomic mass is 35.5. The van der Waals surface area contributed by atoms with E-state index in [2.05, 4.69) is 15.0 Å². The lowest BCUT2D eigenvalue weighted by atomic mass is 10.1. The van der Waals surface area contributed by atoms with Crippen LogP contribution >= 0.6 is 11.6 Å². The number of nitrogens with zero attached hydrogens (tertiary/aromatic N) is 3. The molecule has 0 spiro atoms. The van der Waals surface area contributed by atoms with Crippen molar-refractivity contribution in [2.45, 2.75) is 6.92 Å². The van der Waals surface area contributed by atoms with E-state index in [1.807, 2.05) is 13.0 Å². The number of hydrogen-bond acceptors (Lipinski definition) is 4. The molecule has 0 fully saturated rings. The number of aromatic nitrogens is 3. The Morgan fingerprint density at radius 1 is 1.38 bits per heavy atom. The van der Waals surface area contributed by atoms with Crippen LogP contribution in [0.5, 0.6) is 0 Å². The molecule has 0 N–H and O–H groups in total. The second kappa shape index (κ2) is 4.37. The lowest BCUT2D eigenvalue weighted by molar-refractivity contribution is 0.112. The molecule has 0 saturated heterocycles. The molecule has 0 saturated carbocycles. The summed E-state index contributed by atoms with van der Waals surface area (Å²) in [6.07, 6.45) is 5.32. The van der Waals surface area contributed by atoms with Crippen LogP contribution in [-0.4, -0.2) is 21.2 Å². The lowest BCUT2D eigenvalue weighted by Gasteiger charge is -2.06. The average Bonchev–Trinajstić information content (AvgIpc) is 2.29. The summed E-state index contributed by atoms with van der Waals surface area (Å²) in [6.45, 7) is 1.92. The molecule has 0 aliphatic carbocycles. The largest absolute Gasteiger partial charge is 0.298 e. The third-order valence-electron chi connectivity index (χ3n) is 2.25. The first-order chi connectivity index (χ1) is 7.74. The smallest absolute Gasteiger partial charge is 0.155 e. The van der Waals surface area contributed by atoms with Gasteiger partial charge in [0.1, 0.15) is 11.5 Å². The van der Waals surface area contributed by atoms with Crippen LogP contribution in [0.4, 0.5) is 0 Å². The van der Waals surface area contributed by atoms with Crippen molar-refractivity contribution in [2.24, 2.45) is 0 Å². The van der Waals surface area contributed by atoms with E-state index in [1.54, 1.807) is 12.4 Å². The molecule has 4 nitrogen and oxygen atoms in total. The lowest BCUT2D eigenvalue weighted by Crippen LogP contribution is -1.97. The second-order valence-electron chi connectivity index (χ2n) is 3.24. The molecule has 2 rings (SSSR count). The second-order valence-corrected chi connectivity index (χ2v) is 3.59. The zero-order valence-corrected chi connectivity index (χ0v) is 9.27. The van der Waals surface area contributed by atoms with Gasteiger partial charge in [-0.1, -0.05) is 11.6 Å². The van der Waals surface area contributed by atoms with Crippen LogP contribution in [0.1, 0.15) is 15.9 Å². The number of aldehydes is 1. The SMILES string of the molecule is Cc1ccncc1-c1ncnc(Cl)c1C=O. The molecule has 0 unspecified atom stereocenters. The fourth-order valence-electron chi connectivity index (χ4n) is 1.41. The minimum atomic E-state index is 0.156. The van der Waals surface area contributed by atoms with Crippen molar-refractivity contribution in [1.29, 1.82) is 0 Å². The van der Waals surface area contributed by atoms with Crippen molar-refractivity contribution >= 4 is 17.9 Å². The van der Waals surface area contributed by atoms with Gasteiger partial charge >= 0.3 is 0 Å². The minimum absolute atomic E-state index is 0.156. The summed E-state index contributed by atoms with van der Waals surface area (Å²) in [7, 11) is 0. The monoisotopic (exact) mass is 233 g/mol. The Bertz CT molecular complexity index is 543. The van der Waals surface area contributed by atoms with E-state index in [1.165, 1.54) is 6.33 Å². The van der Waals surface area contributed by atoms with Gasteiger partial charge in [-0.05, 0) is 18.6 Å².